The van der Waals surface area contributed by atoms with Crippen molar-refractivity contribution in [3.8, 4) is 0 Å². The molecule has 4 heteroatoms. The summed E-state index contributed by atoms with van der Waals surface area (Å²) in [5.41, 5.74) is 4.08. The van der Waals surface area contributed by atoms with Crippen LogP contribution in [0.5, 0.6) is 0 Å². The molecular formula is C15H25N3O. The zero-order valence-corrected chi connectivity index (χ0v) is 12.3. The van der Waals surface area contributed by atoms with Crippen LogP contribution in [0.4, 0.5) is 4.79 Å². The number of carbonyl (C=O) groups is 1. The van der Waals surface area contributed by atoms with Crippen LogP contribution in [0, 0.1) is 13.8 Å². The second-order valence-corrected chi connectivity index (χ2v) is 5.43. The maximum absolute atomic E-state index is 11.4. The van der Waals surface area contributed by atoms with Gasteiger partial charge in [-0.25, -0.2) is 4.79 Å². The van der Waals surface area contributed by atoms with Crippen molar-refractivity contribution in [2.24, 2.45) is 0 Å². The van der Waals surface area contributed by atoms with Gasteiger partial charge in [0.15, 0.2) is 0 Å². The quantitative estimate of drug-likeness (QED) is 0.814. The van der Waals surface area contributed by atoms with Gasteiger partial charge in [-0.2, -0.15) is 0 Å². The molecule has 1 aromatic rings. The molecule has 0 saturated heterocycles. The average Bonchev–Trinajstić information content (AvgIpc) is 3.15. The Balaban J connectivity index is 1.83. The van der Waals surface area contributed by atoms with Crippen LogP contribution in [-0.2, 0) is 6.42 Å². The van der Waals surface area contributed by atoms with E-state index in [2.05, 4.69) is 35.1 Å². The molecule has 19 heavy (non-hydrogen) atoms. The van der Waals surface area contributed by atoms with E-state index in [4.69, 9.17) is 0 Å². The fourth-order valence-corrected chi connectivity index (χ4v) is 2.60. The third-order valence-electron chi connectivity index (χ3n) is 3.72. The van der Waals surface area contributed by atoms with E-state index in [9.17, 15) is 4.79 Å². The van der Waals surface area contributed by atoms with E-state index in [1.165, 1.54) is 29.8 Å². The second kappa shape index (κ2) is 6.13. The van der Waals surface area contributed by atoms with Gasteiger partial charge in [0.2, 0.25) is 0 Å². The molecular weight excluding hydrogens is 238 g/mol. The second-order valence-electron chi connectivity index (χ2n) is 5.43. The van der Waals surface area contributed by atoms with E-state index in [1.54, 1.807) is 0 Å². The van der Waals surface area contributed by atoms with Gasteiger partial charge in [-0.15, -0.1) is 0 Å². The minimum atomic E-state index is -0.0575. The standard InChI is InChI=1S/C15H25N3O/c1-4-8-16-15(19)17-9-7-13-10-11(2)18(12(13)3)14-5-6-14/h10,14H,4-9H2,1-3H3,(H2,16,17,19). The van der Waals surface area contributed by atoms with Crippen molar-refractivity contribution in [1.29, 1.82) is 0 Å². The van der Waals surface area contributed by atoms with E-state index >= 15 is 0 Å². The molecule has 2 rings (SSSR count). The van der Waals surface area contributed by atoms with E-state index in [1.807, 2.05) is 6.92 Å². The molecule has 1 aromatic heterocycles. The Morgan fingerprint density at radius 2 is 2.00 bits per heavy atom. The number of carbonyl (C=O) groups excluding carboxylic acids is 1. The molecule has 0 bridgehead atoms. The SMILES string of the molecule is CCCNC(=O)NCCc1cc(C)n(C2CC2)c1C. The summed E-state index contributed by atoms with van der Waals surface area (Å²) in [5.74, 6) is 0. The maximum atomic E-state index is 11.4. The molecule has 1 fully saturated rings. The zero-order valence-electron chi connectivity index (χ0n) is 12.3. The number of urea groups is 1. The molecule has 2 N–H and O–H groups in total. The van der Waals surface area contributed by atoms with Crippen LogP contribution in [0.3, 0.4) is 0 Å². The number of rotatable bonds is 6. The van der Waals surface area contributed by atoms with Gasteiger partial charge in [0.05, 0.1) is 0 Å². The molecule has 1 aliphatic carbocycles. The molecule has 0 aliphatic heterocycles. The van der Waals surface area contributed by atoms with Crippen LogP contribution >= 0.6 is 0 Å². The highest BCUT2D eigenvalue weighted by Gasteiger charge is 2.26. The number of aromatic nitrogens is 1. The fraction of sp³-hybridized carbons (Fsp3) is 0.667. The molecule has 1 heterocycles. The minimum absolute atomic E-state index is 0.0575. The highest BCUT2D eigenvalue weighted by atomic mass is 16.2. The molecule has 0 radical (unpaired) electrons. The summed E-state index contributed by atoms with van der Waals surface area (Å²) < 4.78 is 2.45. The molecule has 1 saturated carbocycles. The van der Waals surface area contributed by atoms with Crippen molar-refractivity contribution in [2.45, 2.75) is 52.5 Å². The Hall–Kier alpha value is -1.45. The summed E-state index contributed by atoms with van der Waals surface area (Å²) in [5, 5.41) is 5.73. The van der Waals surface area contributed by atoms with Crippen LogP contribution in [0.15, 0.2) is 6.07 Å². The van der Waals surface area contributed by atoms with Crippen LogP contribution in [0.25, 0.3) is 0 Å². The van der Waals surface area contributed by atoms with Crippen molar-refractivity contribution in [3.05, 3.63) is 23.0 Å². The molecule has 2 amide bonds. The van der Waals surface area contributed by atoms with Gasteiger partial charge in [0.1, 0.15) is 0 Å². The van der Waals surface area contributed by atoms with Crippen LogP contribution in [0.1, 0.15) is 49.2 Å². The summed E-state index contributed by atoms with van der Waals surface area (Å²) in [6, 6.07) is 2.94. The minimum Gasteiger partial charge on any atom is -0.346 e. The number of amides is 2. The monoisotopic (exact) mass is 263 g/mol. The number of nitrogens with zero attached hydrogens (tertiary/aromatic N) is 1. The average molecular weight is 263 g/mol. The van der Waals surface area contributed by atoms with Crippen molar-refractivity contribution in [1.82, 2.24) is 15.2 Å². The van der Waals surface area contributed by atoms with E-state index in [0.29, 0.717) is 6.54 Å². The summed E-state index contributed by atoms with van der Waals surface area (Å²) in [4.78, 5) is 11.4. The first-order chi connectivity index (χ1) is 9.13. The molecule has 0 spiro atoms. The third-order valence-corrected chi connectivity index (χ3v) is 3.72. The zero-order chi connectivity index (χ0) is 13.8. The Morgan fingerprint density at radius 1 is 1.32 bits per heavy atom. The first-order valence-corrected chi connectivity index (χ1v) is 7.32. The maximum Gasteiger partial charge on any atom is 0.314 e. The Bertz CT molecular complexity index is 446. The first-order valence-electron chi connectivity index (χ1n) is 7.32. The van der Waals surface area contributed by atoms with E-state index in [0.717, 1.165) is 25.4 Å². The third kappa shape index (κ3) is 3.52. The van der Waals surface area contributed by atoms with Crippen LogP contribution in [-0.4, -0.2) is 23.7 Å². The Kier molecular flexibility index (Phi) is 4.51. The number of nitrogens with one attached hydrogen (secondary N) is 2. The molecule has 106 valence electrons. The lowest BCUT2D eigenvalue weighted by Gasteiger charge is -2.09. The summed E-state index contributed by atoms with van der Waals surface area (Å²) >= 11 is 0. The highest BCUT2D eigenvalue weighted by molar-refractivity contribution is 5.73. The van der Waals surface area contributed by atoms with Gasteiger partial charge in [-0.3, -0.25) is 0 Å². The van der Waals surface area contributed by atoms with Gasteiger partial charge in [0.25, 0.3) is 0 Å². The van der Waals surface area contributed by atoms with Crippen molar-refractivity contribution in [2.75, 3.05) is 13.1 Å². The summed E-state index contributed by atoms with van der Waals surface area (Å²) in [6.45, 7) is 7.85. The van der Waals surface area contributed by atoms with Crippen LogP contribution in [0.2, 0.25) is 0 Å². The smallest absolute Gasteiger partial charge is 0.314 e. The van der Waals surface area contributed by atoms with Gasteiger partial charge in [0, 0.05) is 30.5 Å². The van der Waals surface area contributed by atoms with Gasteiger partial charge < -0.3 is 15.2 Å². The number of aryl methyl sites for hydroxylation is 1. The highest BCUT2D eigenvalue weighted by Crippen LogP contribution is 2.38. The molecule has 4 nitrogen and oxygen atoms in total. The number of hydrogen-bond donors (Lipinski definition) is 2. The lowest BCUT2D eigenvalue weighted by molar-refractivity contribution is 0.241. The topological polar surface area (TPSA) is 46.1 Å². The van der Waals surface area contributed by atoms with Crippen molar-refractivity contribution >= 4 is 6.03 Å². The molecule has 0 atom stereocenters. The van der Waals surface area contributed by atoms with Crippen molar-refractivity contribution < 1.29 is 4.79 Å². The first kappa shape index (κ1) is 14.0. The van der Waals surface area contributed by atoms with Crippen molar-refractivity contribution in [3.63, 3.8) is 0 Å². The van der Waals surface area contributed by atoms with Gasteiger partial charge in [-0.1, -0.05) is 6.92 Å². The van der Waals surface area contributed by atoms with E-state index < -0.39 is 0 Å². The number of hydrogen-bond acceptors (Lipinski definition) is 1. The molecule has 1 aliphatic rings. The predicted molar refractivity (Wildman–Crippen MR) is 77.6 cm³/mol. The normalized spacial score (nSPS) is 14.5. The van der Waals surface area contributed by atoms with E-state index in [-0.39, 0.29) is 6.03 Å². The fourth-order valence-electron chi connectivity index (χ4n) is 2.60. The Labute approximate surface area is 115 Å². The van der Waals surface area contributed by atoms with Gasteiger partial charge >= 0.3 is 6.03 Å². The molecule has 0 aromatic carbocycles. The summed E-state index contributed by atoms with van der Waals surface area (Å²) in [7, 11) is 0. The lowest BCUT2D eigenvalue weighted by Crippen LogP contribution is -2.36. The summed E-state index contributed by atoms with van der Waals surface area (Å²) in [6.07, 6.45) is 4.50. The van der Waals surface area contributed by atoms with Crippen LogP contribution < -0.4 is 10.6 Å². The molecule has 0 unspecified atom stereocenters. The predicted octanol–water partition coefficient (Wildman–Crippen LogP) is 2.69. The lowest BCUT2D eigenvalue weighted by atomic mass is 10.2. The largest absolute Gasteiger partial charge is 0.346 e. The van der Waals surface area contributed by atoms with Gasteiger partial charge in [-0.05, 0) is 51.2 Å². The Morgan fingerprint density at radius 3 is 2.63 bits per heavy atom.